The molecule has 3 atom stereocenters. The van der Waals surface area contributed by atoms with Gasteiger partial charge in [0.05, 0.1) is 12.2 Å². The van der Waals surface area contributed by atoms with Crippen LogP contribution in [-0.2, 0) is 9.53 Å². The Hall–Kier alpha value is -0.610. The number of hydrogen-bond donors (Lipinski definition) is 2. The molecule has 4 heteroatoms. The van der Waals surface area contributed by atoms with Crippen LogP contribution < -0.4 is 0 Å². The smallest absolute Gasteiger partial charge is 0.303 e. The summed E-state index contributed by atoms with van der Waals surface area (Å²) >= 11 is 0. The number of ether oxygens (including phenoxy) is 1. The molecule has 1 saturated heterocycles. The minimum absolute atomic E-state index is 0.0372. The third kappa shape index (κ3) is 4.18. The summed E-state index contributed by atoms with van der Waals surface area (Å²) in [6.07, 6.45) is 3.01. The van der Waals surface area contributed by atoms with E-state index in [0.717, 1.165) is 12.8 Å². The predicted molar refractivity (Wildman–Crippen MR) is 55.6 cm³/mol. The molecule has 1 heterocycles. The summed E-state index contributed by atoms with van der Waals surface area (Å²) in [5, 5.41) is 18.1. The van der Waals surface area contributed by atoms with E-state index < -0.39 is 5.97 Å². The molecule has 88 valence electrons. The number of hydrogen-bond acceptors (Lipinski definition) is 3. The second-order valence-corrected chi connectivity index (χ2v) is 4.24. The molecule has 0 amide bonds. The van der Waals surface area contributed by atoms with Crippen molar-refractivity contribution in [3.63, 3.8) is 0 Å². The van der Waals surface area contributed by atoms with E-state index in [1.165, 1.54) is 0 Å². The Bertz CT molecular complexity index is 205. The van der Waals surface area contributed by atoms with Crippen LogP contribution in [0, 0.1) is 5.92 Å². The van der Waals surface area contributed by atoms with Gasteiger partial charge in [-0.05, 0) is 31.6 Å². The number of carboxylic acid groups (broad SMARTS) is 1. The van der Waals surface area contributed by atoms with E-state index in [1.54, 1.807) is 0 Å². The third-order valence-corrected chi connectivity index (χ3v) is 2.96. The lowest BCUT2D eigenvalue weighted by atomic mass is 9.96. The summed E-state index contributed by atoms with van der Waals surface area (Å²) in [5.74, 6) is -0.311. The minimum Gasteiger partial charge on any atom is -0.481 e. The predicted octanol–water partition coefficient (Wildman–Crippen LogP) is 1.42. The highest BCUT2D eigenvalue weighted by Crippen LogP contribution is 2.27. The van der Waals surface area contributed by atoms with Gasteiger partial charge in [-0.1, -0.05) is 6.92 Å². The van der Waals surface area contributed by atoms with Crippen molar-refractivity contribution in [1.29, 1.82) is 0 Å². The lowest BCUT2D eigenvalue weighted by Crippen LogP contribution is -2.24. The standard InChI is InChI=1S/C11H20O4/c1-2-9(12)10-6-8(7-15-10)4-3-5-11(13)14/h8-10,12H,2-7H2,1H3,(H,13,14)/t8-,9+,10+/m1/s1. The van der Waals surface area contributed by atoms with Gasteiger partial charge in [-0.2, -0.15) is 0 Å². The van der Waals surface area contributed by atoms with Crippen LogP contribution in [0.3, 0.4) is 0 Å². The van der Waals surface area contributed by atoms with Gasteiger partial charge < -0.3 is 14.9 Å². The van der Waals surface area contributed by atoms with Crippen LogP contribution in [-0.4, -0.2) is 35.0 Å². The van der Waals surface area contributed by atoms with Gasteiger partial charge in [-0.15, -0.1) is 0 Å². The minimum atomic E-state index is -0.737. The van der Waals surface area contributed by atoms with Crippen LogP contribution in [0.4, 0.5) is 0 Å². The Labute approximate surface area is 90.2 Å². The Morgan fingerprint density at radius 3 is 2.93 bits per heavy atom. The fourth-order valence-corrected chi connectivity index (χ4v) is 2.00. The fraction of sp³-hybridized carbons (Fsp3) is 0.909. The van der Waals surface area contributed by atoms with Crippen molar-refractivity contribution in [2.45, 2.75) is 51.2 Å². The van der Waals surface area contributed by atoms with Gasteiger partial charge in [0.1, 0.15) is 0 Å². The molecule has 1 rings (SSSR count). The van der Waals surface area contributed by atoms with E-state index in [0.29, 0.717) is 25.4 Å². The molecular formula is C11H20O4. The van der Waals surface area contributed by atoms with Crippen molar-refractivity contribution in [2.75, 3.05) is 6.61 Å². The quantitative estimate of drug-likeness (QED) is 0.704. The molecule has 4 nitrogen and oxygen atoms in total. The zero-order valence-electron chi connectivity index (χ0n) is 9.19. The summed E-state index contributed by atoms with van der Waals surface area (Å²) in [5.41, 5.74) is 0. The Kier molecular flexibility index (Phi) is 5.05. The first-order valence-electron chi connectivity index (χ1n) is 5.65. The summed E-state index contributed by atoms with van der Waals surface area (Å²) in [7, 11) is 0. The highest BCUT2D eigenvalue weighted by Gasteiger charge is 2.29. The molecule has 0 bridgehead atoms. The molecule has 0 aromatic carbocycles. The van der Waals surface area contributed by atoms with Gasteiger partial charge in [0.2, 0.25) is 0 Å². The molecule has 0 aromatic heterocycles. The number of aliphatic carboxylic acids is 1. The van der Waals surface area contributed by atoms with Crippen LogP contribution in [0.1, 0.15) is 39.0 Å². The maximum absolute atomic E-state index is 10.3. The zero-order chi connectivity index (χ0) is 11.3. The molecule has 0 aromatic rings. The number of carbonyl (C=O) groups is 1. The average molecular weight is 216 g/mol. The van der Waals surface area contributed by atoms with Crippen LogP contribution >= 0.6 is 0 Å². The van der Waals surface area contributed by atoms with Crippen LogP contribution in [0.25, 0.3) is 0 Å². The van der Waals surface area contributed by atoms with Crippen LogP contribution in [0.5, 0.6) is 0 Å². The molecule has 1 fully saturated rings. The Morgan fingerprint density at radius 2 is 2.33 bits per heavy atom. The second-order valence-electron chi connectivity index (χ2n) is 4.24. The van der Waals surface area contributed by atoms with E-state index in [9.17, 15) is 9.90 Å². The highest BCUT2D eigenvalue weighted by atomic mass is 16.5. The van der Waals surface area contributed by atoms with Crippen molar-refractivity contribution in [3.8, 4) is 0 Å². The lowest BCUT2D eigenvalue weighted by Gasteiger charge is -2.15. The zero-order valence-corrected chi connectivity index (χ0v) is 9.19. The maximum atomic E-state index is 10.3. The molecule has 0 unspecified atom stereocenters. The fourth-order valence-electron chi connectivity index (χ4n) is 2.00. The molecule has 15 heavy (non-hydrogen) atoms. The summed E-state index contributed by atoms with van der Waals surface area (Å²) < 4.78 is 5.48. The van der Waals surface area contributed by atoms with E-state index in [4.69, 9.17) is 9.84 Å². The van der Waals surface area contributed by atoms with Gasteiger partial charge in [-0.3, -0.25) is 4.79 Å². The molecule has 0 radical (unpaired) electrons. The lowest BCUT2D eigenvalue weighted by molar-refractivity contribution is -0.137. The molecule has 0 aliphatic carbocycles. The first-order chi connectivity index (χ1) is 7.13. The van der Waals surface area contributed by atoms with Crippen molar-refractivity contribution in [3.05, 3.63) is 0 Å². The SMILES string of the molecule is CC[C@H](O)[C@@H]1C[C@@H](CCCC(=O)O)CO1. The average Bonchev–Trinajstić information content (AvgIpc) is 2.65. The van der Waals surface area contributed by atoms with Gasteiger partial charge in [0.15, 0.2) is 0 Å². The van der Waals surface area contributed by atoms with Gasteiger partial charge >= 0.3 is 5.97 Å². The first kappa shape index (κ1) is 12.5. The monoisotopic (exact) mass is 216 g/mol. The van der Waals surface area contributed by atoms with Crippen molar-refractivity contribution in [2.24, 2.45) is 5.92 Å². The number of aliphatic hydroxyl groups is 1. The van der Waals surface area contributed by atoms with Crippen molar-refractivity contribution >= 4 is 5.97 Å². The molecule has 0 saturated carbocycles. The van der Waals surface area contributed by atoms with Crippen molar-refractivity contribution in [1.82, 2.24) is 0 Å². The Morgan fingerprint density at radius 1 is 1.60 bits per heavy atom. The number of aliphatic hydroxyl groups excluding tert-OH is 1. The summed E-state index contributed by atoms with van der Waals surface area (Å²) in [6.45, 7) is 2.60. The van der Waals surface area contributed by atoms with Gasteiger partial charge in [0, 0.05) is 13.0 Å². The van der Waals surface area contributed by atoms with E-state index in [2.05, 4.69) is 0 Å². The molecule has 1 aliphatic heterocycles. The van der Waals surface area contributed by atoms with E-state index >= 15 is 0 Å². The number of rotatable bonds is 6. The molecule has 2 N–H and O–H groups in total. The summed E-state index contributed by atoms with van der Waals surface area (Å²) in [4.78, 5) is 10.3. The van der Waals surface area contributed by atoms with E-state index in [-0.39, 0.29) is 18.6 Å². The van der Waals surface area contributed by atoms with Crippen LogP contribution in [0.2, 0.25) is 0 Å². The van der Waals surface area contributed by atoms with E-state index in [1.807, 2.05) is 6.92 Å². The topological polar surface area (TPSA) is 66.8 Å². The number of carboxylic acids is 1. The van der Waals surface area contributed by atoms with Gasteiger partial charge in [-0.25, -0.2) is 0 Å². The Balaban J connectivity index is 2.16. The van der Waals surface area contributed by atoms with Crippen LogP contribution in [0.15, 0.2) is 0 Å². The van der Waals surface area contributed by atoms with Gasteiger partial charge in [0.25, 0.3) is 0 Å². The third-order valence-electron chi connectivity index (χ3n) is 2.96. The molecule has 1 aliphatic rings. The molecule has 0 spiro atoms. The second kappa shape index (κ2) is 6.08. The maximum Gasteiger partial charge on any atom is 0.303 e. The highest BCUT2D eigenvalue weighted by molar-refractivity contribution is 5.66. The van der Waals surface area contributed by atoms with Crippen molar-refractivity contribution < 1.29 is 19.7 Å². The summed E-state index contributed by atoms with van der Waals surface area (Å²) in [6, 6.07) is 0. The normalized spacial score (nSPS) is 27.9. The largest absolute Gasteiger partial charge is 0.481 e. The first-order valence-corrected chi connectivity index (χ1v) is 5.65. The molecular weight excluding hydrogens is 196 g/mol.